The van der Waals surface area contributed by atoms with E-state index in [4.69, 9.17) is 4.74 Å². The summed E-state index contributed by atoms with van der Waals surface area (Å²) >= 11 is 0. The standard InChI is InChI=1S/C16H24N2O3/c1-16(2,3)21-14(19)12-18(4)15(20)17-11-10-13-8-6-5-7-9-13/h5-9H,10-12H2,1-4H3,(H,17,20). The van der Waals surface area contributed by atoms with E-state index in [9.17, 15) is 9.59 Å². The van der Waals surface area contributed by atoms with E-state index in [0.29, 0.717) is 6.54 Å². The summed E-state index contributed by atoms with van der Waals surface area (Å²) in [6.07, 6.45) is 0.757. The molecule has 5 nitrogen and oxygen atoms in total. The lowest BCUT2D eigenvalue weighted by Crippen LogP contribution is -2.42. The Morgan fingerprint density at radius 3 is 2.38 bits per heavy atom. The highest BCUT2D eigenvalue weighted by Crippen LogP contribution is 2.07. The lowest BCUT2D eigenvalue weighted by molar-refractivity contribution is -0.155. The van der Waals surface area contributed by atoms with Crippen molar-refractivity contribution in [3.63, 3.8) is 0 Å². The van der Waals surface area contributed by atoms with Crippen LogP contribution in [0.2, 0.25) is 0 Å². The summed E-state index contributed by atoms with van der Waals surface area (Å²) in [5.74, 6) is -0.414. The van der Waals surface area contributed by atoms with E-state index in [1.165, 1.54) is 4.90 Å². The zero-order valence-corrected chi connectivity index (χ0v) is 13.2. The van der Waals surface area contributed by atoms with Crippen LogP contribution in [-0.2, 0) is 16.0 Å². The Labute approximate surface area is 126 Å². The number of hydrogen-bond acceptors (Lipinski definition) is 3. The molecule has 0 aliphatic rings. The van der Waals surface area contributed by atoms with Crippen LogP contribution in [0.1, 0.15) is 26.3 Å². The van der Waals surface area contributed by atoms with Crippen LogP contribution in [0, 0.1) is 0 Å². The average Bonchev–Trinajstić information content (AvgIpc) is 2.37. The second kappa shape index (κ2) is 7.67. The Hall–Kier alpha value is -2.04. The second-order valence-electron chi connectivity index (χ2n) is 5.91. The minimum Gasteiger partial charge on any atom is -0.459 e. The highest BCUT2D eigenvalue weighted by atomic mass is 16.6. The third kappa shape index (κ3) is 7.34. The van der Waals surface area contributed by atoms with Crippen molar-refractivity contribution in [3.05, 3.63) is 35.9 Å². The van der Waals surface area contributed by atoms with Gasteiger partial charge < -0.3 is 15.0 Å². The van der Waals surface area contributed by atoms with E-state index in [-0.39, 0.29) is 12.6 Å². The van der Waals surface area contributed by atoms with E-state index in [1.807, 2.05) is 30.3 Å². The van der Waals surface area contributed by atoms with Crippen LogP contribution < -0.4 is 5.32 Å². The molecule has 0 aliphatic carbocycles. The molecule has 0 spiro atoms. The predicted octanol–water partition coefficient (Wildman–Crippen LogP) is 2.21. The number of ether oxygens (including phenoxy) is 1. The molecule has 0 radical (unpaired) electrons. The van der Waals surface area contributed by atoms with Gasteiger partial charge in [0.25, 0.3) is 0 Å². The number of carbonyl (C=O) groups excluding carboxylic acids is 2. The SMILES string of the molecule is CN(CC(=O)OC(C)(C)C)C(=O)NCCc1ccccc1. The van der Waals surface area contributed by atoms with Gasteiger partial charge in [-0.3, -0.25) is 4.79 Å². The van der Waals surface area contributed by atoms with Gasteiger partial charge in [-0.05, 0) is 32.8 Å². The first kappa shape index (κ1) is 17.0. The smallest absolute Gasteiger partial charge is 0.326 e. The van der Waals surface area contributed by atoms with Crippen molar-refractivity contribution in [1.82, 2.24) is 10.2 Å². The lowest BCUT2D eigenvalue weighted by atomic mass is 10.1. The molecule has 0 aliphatic heterocycles. The van der Waals surface area contributed by atoms with Gasteiger partial charge >= 0.3 is 12.0 Å². The number of nitrogens with one attached hydrogen (secondary N) is 1. The molecule has 1 aromatic carbocycles. The summed E-state index contributed by atoms with van der Waals surface area (Å²) in [5, 5.41) is 2.78. The van der Waals surface area contributed by atoms with Crippen molar-refractivity contribution in [2.75, 3.05) is 20.1 Å². The van der Waals surface area contributed by atoms with E-state index in [2.05, 4.69) is 5.32 Å². The van der Waals surface area contributed by atoms with E-state index in [1.54, 1.807) is 27.8 Å². The van der Waals surface area contributed by atoms with Crippen molar-refractivity contribution in [3.8, 4) is 0 Å². The fourth-order valence-electron chi connectivity index (χ4n) is 1.73. The number of likely N-dealkylation sites (N-methyl/N-ethyl adjacent to an activating group) is 1. The van der Waals surface area contributed by atoms with E-state index >= 15 is 0 Å². The van der Waals surface area contributed by atoms with Gasteiger partial charge in [0.2, 0.25) is 0 Å². The first-order chi connectivity index (χ1) is 9.78. The van der Waals surface area contributed by atoms with Crippen LogP contribution in [0.3, 0.4) is 0 Å². The highest BCUT2D eigenvalue weighted by Gasteiger charge is 2.19. The van der Waals surface area contributed by atoms with Crippen LogP contribution in [0.25, 0.3) is 0 Å². The maximum atomic E-state index is 11.8. The van der Waals surface area contributed by atoms with Gasteiger partial charge in [0.1, 0.15) is 12.1 Å². The normalized spacial score (nSPS) is 10.9. The Morgan fingerprint density at radius 1 is 1.19 bits per heavy atom. The molecular formula is C16H24N2O3. The Balaban J connectivity index is 2.29. The van der Waals surface area contributed by atoms with Crippen molar-refractivity contribution < 1.29 is 14.3 Å². The van der Waals surface area contributed by atoms with Crippen molar-refractivity contribution in [1.29, 1.82) is 0 Å². The zero-order valence-electron chi connectivity index (χ0n) is 13.2. The quantitative estimate of drug-likeness (QED) is 0.847. The first-order valence-electron chi connectivity index (χ1n) is 7.02. The fourth-order valence-corrected chi connectivity index (χ4v) is 1.73. The van der Waals surface area contributed by atoms with Crippen LogP contribution in [-0.4, -0.2) is 42.6 Å². The number of rotatable bonds is 5. The molecular weight excluding hydrogens is 268 g/mol. The number of esters is 1. The summed E-state index contributed by atoms with van der Waals surface area (Å²) in [4.78, 5) is 24.8. The van der Waals surface area contributed by atoms with Gasteiger partial charge in [0.15, 0.2) is 0 Å². The van der Waals surface area contributed by atoms with Gasteiger partial charge in [-0.15, -0.1) is 0 Å². The molecule has 0 atom stereocenters. The van der Waals surface area contributed by atoms with Gasteiger partial charge in [-0.25, -0.2) is 4.79 Å². The Morgan fingerprint density at radius 2 is 1.81 bits per heavy atom. The molecule has 5 heteroatoms. The van der Waals surface area contributed by atoms with Crippen LogP contribution >= 0.6 is 0 Å². The number of nitrogens with zero attached hydrogens (tertiary/aromatic N) is 1. The van der Waals surface area contributed by atoms with Gasteiger partial charge in [-0.1, -0.05) is 30.3 Å². The largest absolute Gasteiger partial charge is 0.459 e. The lowest BCUT2D eigenvalue weighted by Gasteiger charge is -2.22. The van der Waals surface area contributed by atoms with Crippen molar-refractivity contribution in [2.45, 2.75) is 32.8 Å². The highest BCUT2D eigenvalue weighted by molar-refractivity contribution is 5.80. The molecule has 1 rings (SSSR count). The van der Waals surface area contributed by atoms with E-state index in [0.717, 1.165) is 12.0 Å². The summed E-state index contributed by atoms with van der Waals surface area (Å²) in [5.41, 5.74) is 0.620. The Kier molecular flexibility index (Phi) is 6.21. The van der Waals surface area contributed by atoms with E-state index < -0.39 is 11.6 Å². The zero-order chi connectivity index (χ0) is 15.9. The third-order valence-corrected chi connectivity index (χ3v) is 2.67. The molecule has 2 amide bonds. The molecule has 1 aromatic rings. The average molecular weight is 292 g/mol. The minimum atomic E-state index is -0.540. The first-order valence-corrected chi connectivity index (χ1v) is 7.02. The van der Waals surface area contributed by atoms with Gasteiger partial charge in [0, 0.05) is 13.6 Å². The molecule has 21 heavy (non-hydrogen) atoms. The number of carbonyl (C=O) groups is 2. The fraction of sp³-hybridized carbons (Fsp3) is 0.500. The monoisotopic (exact) mass is 292 g/mol. The minimum absolute atomic E-state index is 0.0611. The maximum Gasteiger partial charge on any atom is 0.326 e. The van der Waals surface area contributed by atoms with Gasteiger partial charge in [0.05, 0.1) is 0 Å². The molecule has 0 saturated carbocycles. The van der Waals surface area contributed by atoms with Crippen molar-refractivity contribution >= 4 is 12.0 Å². The number of amides is 2. The molecule has 0 saturated heterocycles. The summed E-state index contributed by atoms with van der Waals surface area (Å²) in [6.45, 7) is 5.86. The molecule has 1 N–H and O–H groups in total. The van der Waals surface area contributed by atoms with Crippen LogP contribution in [0.5, 0.6) is 0 Å². The summed E-state index contributed by atoms with van der Waals surface area (Å²) in [6, 6.07) is 9.62. The molecule has 0 unspecified atom stereocenters. The number of urea groups is 1. The topological polar surface area (TPSA) is 58.6 Å². The summed E-state index contributed by atoms with van der Waals surface area (Å²) in [7, 11) is 1.57. The third-order valence-electron chi connectivity index (χ3n) is 2.67. The second-order valence-corrected chi connectivity index (χ2v) is 5.91. The molecule has 0 fully saturated rings. The molecule has 0 aromatic heterocycles. The van der Waals surface area contributed by atoms with Gasteiger partial charge in [-0.2, -0.15) is 0 Å². The van der Waals surface area contributed by atoms with Crippen molar-refractivity contribution in [2.24, 2.45) is 0 Å². The molecule has 0 bridgehead atoms. The van der Waals surface area contributed by atoms with Crippen LogP contribution in [0.15, 0.2) is 30.3 Å². The van der Waals surface area contributed by atoms with Crippen LogP contribution in [0.4, 0.5) is 4.79 Å². The molecule has 0 heterocycles. The maximum absolute atomic E-state index is 11.8. The Bertz CT molecular complexity index is 466. The predicted molar refractivity (Wildman–Crippen MR) is 82.0 cm³/mol. The molecule has 116 valence electrons. The number of hydrogen-bond donors (Lipinski definition) is 1. The summed E-state index contributed by atoms with van der Waals surface area (Å²) < 4.78 is 5.17. The number of benzene rings is 1.